The molecule has 1 unspecified atom stereocenters. The number of pyridine rings is 1. The highest BCUT2D eigenvalue weighted by Crippen LogP contribution is 2.34. The third kappa shape index (κ3) is 4.78. The molecule has 25 heavy (non-hydrogen) atoms. The molecule has 134 valence electrons. The van der Waals surface area contributed by atoms with Crippen molar-refractivity contribution in [1.29, 1.82) is 0 Å². The summed E-state index contributed by atoms with van der Waals surface area (Å²) >= 11 is 0. The summed E-state index contributed by atoms with van der Waals surface area (Å²) in [7, 11) is 1.47. The lowest BCUT2D eigenvalue weighted by molar-refractivity contribution is -0.309. The van der Waals surface area contributed by atoms with E-state index in [1.807, 2.05) is 30.3 Å². The first-order valence-corrected chi connectivity index (χ1v) is 8.06. The van der Waals surface area contributed by atoms with E-state index in [1.165, 1.54) is 13.3 Å². The number of hydrogen-bond donors (Lipinski definition) is 1. The standard InChI is InChI=1S/C19H23NO5/c1-3-19(23,11-17(21)22)16-9-10-20-18(24-2)15(16)13-25-12-14-7-5-4-6-8-14/h4-10,23H,3,11-13H2,1-2H3,(H,21,22)/p-1. The fourth-order valence-electron chi connectivity index (χ4n) is 2.72. The number of carboxylic acid groups (broad SMARTS) is 1. The second-order valence-electron chi connectivity index (χ2n) is 5.76. The molecule has 0 aliphatic heterocycles. The van der Waals surface area contributed by atoms with Gasteiger partial charge in [-0.05, 0) is 23.6 Å². The normalized spacial score (nSPS) is 13.2. The molecule has 0 aliphatic carbocycles. The second-order valence-corrected chi connectivity index (χ2v) is 5.76. The van der Waals surface area contributed by atoms with Gasteiger partial charge in [0.1, 0.15) is 0 Å². The lowest BCUT2D eigenvalue weighted by Gasteiger charge is -2.30. The van der Waals surface area contributed by atoms with Crippen molar-refractivity contribution in [3.8, 4) is 5.88 Å². The van der Waals surface area contributed by atoms with Crippen LogP contribution in [0.1, 0.15) is 36.5 Å². The summed E-state index contributed by atoms with van der Waals surface area (Å²) in [5, 5.41) is 21.9. The van der Waals surface area contributed by atoms with E-state index in [4.69, 9.17) is 9.47 Å². The van der Waals surface area contributed by atoms with E-state index in [2.05, 4.69) is 4.98 Å². The van der Waals surface area contributed by atoms with Crippen LogP contribution in [-0.2, 0) is 28.3 Å². The van der Waals surface area contributed by atoms with E-state index < -0.39 is 18.0 Å². The number of methoxy groups -OCH3 is 1. The van der Waals surface area contributed by atoms with Crippen LogP contribution in [0.25, 0.3) is 0 Å². The van der Waals surface area contributed by atoms with Gasteiger partial charge in [-0.1, -0.05) is 37.3 Å². The Morgan fingerprint density at radius 1 is 1.24 bits per heavy atom. The zero-order chi connectivity index (χ0) is 18.3. The van der Waals surface area contributed by atoms with E-state index in [9.17, 15) is 15.0 Å². The molecule has 0 aliphatic rings. The smallest absolute Gasteiger partial charge is 0.218 e. The summed E-state index contributed by atoms with van der Waals surface area (Å²) in [6, 6.07) is 11.2. The number of aromatic nitrogens is 1. The third-order valence-corrected chi connectivity index (χ3v) is 4.09. The van der Waals surface area contributed by atoms with Crippen molar-refractivity contribution in [1.82, 2.24) is 4.98 Å². The molecule has 1 atom stereocenters. The van der Waals surface area contributed by atoms with Gasteiger partial charge in [-0.15, -0.1) is 0 Å². The molecule has 0 saturated carbocycles. The van der Waals surface area contributed by atoms with Crippen LogP contribution >= 0.6 is 0 Å². The molecule has 6 nitrogen and oxygen atoms in total. The number of carbonyl (C=O) groups is 1. The van der Waals surface area contributed by atoms with Crippen molar-refractivity contribution in [3.05, 3.63) is 59.3 Å². The summed E-state index contributed by atoms with van der Waals surface area (Å²) in [5.74, 6) is -1.02. The molecular formula is C19H22NO5-. The summed E-state index contributed by atoms with van der Waals surface area (Å²) in [5.41, 5.74) is 0.401. The molecule has 0 bridgehead atoms. The third-order valence-electron chi connectivity index (χ3n) is 4.09. The topological polar surface area (TPSA) is 91.7 Å². The minimum Gasteiger partial charge on any atom is -0.550 e. The van der Waals surface area contributed by atoms with E-state index in [1.54, 1.807) is 13.0 Å². The summed E-state index contributed by atoms with van der Waals surface area (Å²) in [4.78, 5) is 15.2. The fraction of sp³-hybridized carbons (Fsp3) is 0.368. The molecule has 2 rings (SSSR count). The molecule has 0 spiro atoms. The minimum atomic E-state index is -1.57. The zero-order valence-corrected chi connectivity index (χ0v) is 14.4. The minimum absolute atomic E-state index is 0.136. The van der Waals surface area contributed by atoms with Crippen LogP contribution in [0.4, 0.5) is 0 Å². The first kappa shape index (κ1) is 18.9. The second kappa shape index (κ2) is 8.60. The average Bonchev–Trinajstić information content (AvgIpc) is 2.62. The molecular weight excluding hydrogens is 322 g/mol. The first-order valence-electron chi connectivity index (χ1n) is 8.06. The molecule has 0 fully saturated rings. The van der Waals surface area contributed by atoms with Gasteiger partial charge in [-0.2, -0.15) is 0 Å². The Bertz CT molecular complexity index is 704. The molecule has 1 heterocycles. The monoisotopic (exact) mass is 344 g/mol. The van der Waals surface area contributed by atoms with Crippen LogP contribution < -0.4 is 9.84 Å². The number of ether oxygens (including phenoxy) is 2. The Hall–Kier alpha value is -2.44. The summed E-state index contributed by atoms with van der Waals surface area (Å²) in [6.45, 7) is 2.23. The van der Waals surface area contributed by atoms with Gasteiger partial charge < -0.3 is 24.5 Å². The Morgan fingerprint density at radius 2 is 1.96 bits per heavy atom. The van der Waals surface area contributed by atoms with Crippen LogP contribution in [-0.4, -0.2) is 23.2 Å². The average molecular weight is 344 g/mol. The Balaban J connectivity index is 2.27. The lowest BCUT2D eigenvalue weighted by Crippen LogP contribution is -2.36. The maximum atomic E-state index is 11.1. The highest BCUT2D eigenvalue weighted by Gasteiger charge is 2.31. The molecule has 1 N–H and O–H groups in total. The molecule has 6 heteroatoms. The number of benzene rings is 1. The Kier molecular flexibility index (Phi) is 6.50. The highest BCUT2D eigenvalue weighted by molar-refractivity contribution is 5.66. The van der Waals surface area contributed by atoms with Crippen LogP contribution in [0.3, 0.4) is 0 Å². The van der Waals surface area contributed by atoms with Gasteiger partial charge in [0.25, 0.3) is 0 Å². The van der Waals surface area contributed by atoms with E-state index in [0.29, 0.717) is 23.6 Å². The molecule has 0 saturated heterocycles. The van der Waals surface area contributed by atoms with E-state index in [0.717, 1.165) is 5.56 Å². The number of nitrogens with zero attached hydrogens (tertiary/aromatic N) is 1. The van der Waals surface area contributed by atoms with Gasteiger partial charge in [0.05, 0.1) is 25.9 Å². The van der Waals surface area contributed by atoms with Gasteiger partial charge >= 0.3 is 0 Å². The molecule has 1 aromatic heterocycles. The molecule has 2 aromatic rings. The van der Waals surface area contributed by atoms with Crippen molar-refractivity contribution in [2.24, 2.45) is 0 Å². The highest BCUT2D eigenvalue weighted by atomic mass is 16.5. The van der Waals surface area contributed by atoms with Crippen molar-refractivity contribution in [2.45, 2.75) is 38.6 Å². The maximum absolute atomic E-state index is 11.1. The first-order chi connectivity index (χ1) is 12.0. The van der Waals surface area contributed by atoms with Crippen molar-refractivity contribution in [2.75, 3.05) is 7.11 Å². The van der Waals surface area contributed by atoms with E-state index >= 15 is 0 Å². The zero-order valence-electron chi connectivity index (χ0n) is 14.4. The van der Waals surface area contributed by atoms with Crippen LogP contribution in [0.15, 0.2) is 42.6 Å². The fourth-order valence-corrected chi connectivity index (χ4v) is 2.72. The molecule has 1 aromatic carbocycles. The SMILES string of the molecule is CCC(O)(CC(=O)[O-])c1ccnc(OC)c1COCc1ccccc1. The number of carboxylic acids is 1. The molecule has 0 radical (unpaired) electrons. The number of rotatable bonds is 9. The Morgan fingerprint density at radius 3 is 2.56 bits per heavy atom. The largest absolute Gasteiger partial charge is 0.550 e. The van der Waals surface area contributed by atoms with Gasteiger partial charge in [0.15, 0.2) is 0 Å². The van der Waals surface area contributed by atoms with Gasteiger partial charge in [-0.25, -0.2) is 4.98 Å². The van der Waals surface area contributed by atoms with Crippen LogP contribution in [0.2, 0.25) is 0 Å². The quantitative estimate of drug-likeness (QED) is 0.742. The lowest BCUT2D eigenvalue weighted by atomic mass is 9.85. The number of hydrogen-bond acceptors (Lipinski definition) is 6. The predicted octanol–water partition coefficient (Wildman–Crippen LogP) is 1.54. The summed E-state index contributed by atoms with van der Waals surface area (Å²) < 4.78 is 11.0. The van der Waals surface area contributed by atoms with Gasteiger partial charge in [0.2, 0.25) is 5.88 Å². The van der Waals surface area contributed by atoms with Crippen molar-refractivity contribution in [3.63, 3.8) is 0 Å². The number of aliphatic hydroxyl groups is 1. The van der Waals surface area contributed by atoms with Crippen molar-refractivity contribution < 1.29 is 24.5 Å². The van der Waals surface area contributed by atoms with Crippen LogP contribution in [0, 0.1) is 0 Å². The van der Waals surface area contributed by atoms with Crippen LogP contribution in [0.5, 0.6) is 5.88 Å². The maximum Gasteiger partial charge on any atom is 0.218 e. The van der Waals surface area contributed by atoms with E-state index in [-0.39, 0.29) is 13.0 Å². The van der Waals surface area contributed by atoms with Gasteiger partial charge in [-0.3, -0.25) is 0 Å². The number of aliphatic carboxylic acids is 1. The number of carbonyl (C=O) groups excluding carboxylic acids is 1. The molecule has 0 amide bonds. The Labute approximate surface area is 147 Å². The predicted molar refractivity (Wildman–Crippen MR) is 89.5 cm³/mol. The summed E-state index contributed by atoms with van der Waals surface area (Å²) in [6.07, 6.45) is 1.17. The van der Waals surface area contributed by atoms with Gasteiger partial charge in [0, 0.05) is 24.2 Å². The van der Waals surface area contributed by atoms with Crippen molar-refractivity contribution >= 4 is 5.97 Å².